The molecule has 1 saturated carbocycles. The number of carboxylic acid groups (broad SMARTS) is 1. The van der Waals surface area contributed by atoms with E-state index in [0.717, 1.165) is 12.8 Å². The third kappa shape index (κ3) is 2.61. The van der Waals surface area contributed by atoms with Gasteiger partial charge in [-0.15, -0.1) is 0 Å². The van der Waals surface area contributed by atoms with Crippen molar-refractivity contribution in [2.45, 2.75) is 31.0 Å². The van der Waals surface area contributed by atoms with Crippen molar-refractivity contribution in [3.05, 3.63) is 34.6 Å². The average Bonchev–Trinajstić information content (AvgIpc) is 3.25. The normalized spacial score (nSPS) is 26.0. The molecule has 1 aromatic rings. The highest BCUT2D eigenvalue weighted by molar-refractivity contribution is 6.30. The second kappa shape index (κ2) is 5.27. The molecule has 1 aromatic carbocycles. The topological polar surface area (TPSA) is 66.8 Å². The maximum absolute atomic E-state index is 14.1. The second-order valence-corrected chi connectivity index (χ2v) is 5.65. The molecule has 1 aliphatic heterocycles. The fourth-order valence-corrected chi connectivity index (χ4v) is 2.85. The summed E-state index contributed by atoms with van der Waals surface area (Å²) in [4.78, 5) is 24.9. The van der Waals surface area contributed by atoms with Crippen molar-refractivity contribution in [1.82, 2.24) is 4.90 Å². The number of halogens is 2. The van der Waals surface area contributed by atoms with Crippen LogP contribution < -0.4 is 0 Å². The lowest BCUT2D eigenvalue weighted by Gasteiger charge is -2.39. The van der Waals surface area contributed by atoms with Crippen LogP contribution in [-0.4, -0.2) is 40.6 Å². The summed E-state index contributed by atoms with van der Waals surface area (Å²) in [5.41, 5.74) is 0.0786. The van der Waals surface area contributed by atoms with E-state index < -0.39 is 23.9 Å². The quantitative estimate of drug-likeness (QED) is 0.927. The Morgan fingerprint density at radius 3 is 2.76 bits per heavy atom. The van der Waals surface area contributed by atoms with Gasteiger partial charge < -0.3 is 14.7 Å². The molecule has 1 aliphatic carbocycles. The first-order valence-electron chi connectivity index (χ1n) is 6.59. The number of rotatable bonds is 3. The average molecular weight is 314 g/mol. The van der Waals surface area contributed by atoms with Gasteiger partial charge in [-0.3, -0.25) is 4.79 Å². The van der Waals surface area contributed by atoms with Gasteiger partial charge in [-0.05, 0) is 31.0 Å². The van der Waals surface area contributed by atoms with Crippen LogP contribution in [0.1, 0.15) is 24.4 Å². The summed E-state index contributed by atoms with van der Waals surface area (Å²) in [5.74, 6) is -2.14. The third-order valence-electron chi connectivity index (χ3n) is 3.72. The third-order valence-corrected chi connectivity index (χ3v) is 3.96. The molecular formula is C14H13ClFNO4. The molecule has 2 unspecified atom stereocenters. The van der Waals surface area contributed by atoms with Crippen LogP contribution in [0.25, 0.3) is 0 Å². The molecule has 7 heteroatoms. The Morgan fingerprint density at radius 1 is 1.43 bits per heavy atom. The highest BCUT2D eigenvalue weighted by atomic mass is 35.5. The first-order chi connectivity index (χ1) is 9.99. The minimum absolute atomic E-state index is 0.0494. The Kier molecular flexibility index (Phi) is 3.59. The van der Waals surface area contributed by atoms with E-state index in [4.69, 9.17) is 16.3 Å². The number of amides is 1. The SMILES string of the molecule is O=C(O)C1OCC(=O)N(C2CC2)C1c1cc(Cl)ccc1F. The van der Waals surface area contributed by atoms with E-state index in [1.807, 2.05) is 0 Å². The van der Waals surface area contributed by atoms with Crippen LogP contribution in [0.3, 0.4) is 0 Å². The Labute approximate surface area is 125 Å². The summed E-state index contributed by atoms with van der Waals surface area (Å²) in [6.45, 7) is -0.299. The van der Waals surface area contributed by atoms with Gasteiger partial charge in [-0.1, -0.05) is 11.6 Å². The van der Waals surface area contributed by atoms with Crippen molar-refractivity contribution >= 4 is 23.5 Å². The number of carbonyl (C=O) groups is 2. The Balaban J connectivity index is 2.08. The number of ether oxygens (including phenoxy) is 1. The largest absolute Gasteiger partial charge is 0.479 e. The zero-order chi connectivity index (χ0) is 15.1. The van der Waals surface area contributed by atoms with Gasteiger partial charge in [0, 0.05) is 16.6 Å². The molecule has 3 rings (SSSR count). The predicted octanol–water partition coefficient (Wildman–Crippen LogP) is 1.99. The van der Waals surface area contributed by atoms with Gasteiger partial charge in [-0.2, -0.15) is 0 Å². The maximum atomic E-state index is 14.1. The van der Waals surface area contributed by atoms with Crippen LogP contribution in [0, 0.1) is 5.82 Å². The van der Waals surface area contributed by atoms with E-state index in [0.29, 0.717) is 0 Å². The van der Waals surface area contributed by atoms with Crippen LogP contribution in [0.4, 0.5) is 4.39 Å². The number of nitrogens with zero attached hydrogens (tertiary/aromatic N) is 1. The van der Waals surface area contributed by atoms with Gasteiger partial charge in [0.15, 0.2) is 6.10 Å². The second-order valence-electron chi connectivity index (χ2n) is 5.21. The Morgan fingerprint density at radius 2 is 2.14 bits per heavy atom. The number of hydrogen-bond donors (Lipinski definition) is 1. The van der Waals surface area contributed by atoms with Crippen molar-refractivity contribution in [2.75, 3.05) is 6.61 Å². The molecule has 1 N–H and O–H groups in total. The number of aliphatic carboxylic acids is 1. The molecule has 5 nitrogen and oxygen atoms in total. The van der Waals surface area contributed by atoms with Crippen LogP contribution in [-0.2, 0) is 14.3 Å². The van der Waals surface area contributed by atoms with Crippen molar-refractivity contribution in [3.63, 3.8) is 0 Å². The van der Waals surface area contributed by atoms with E-state index in [-0.39, 0.29) is 29.1 Å². The summed E-state index contributed by atoms with van der Waals surface area (Å²) in [7, 11) is 0. The first-order valence-corrected chi connectivity index (χ1v) is 6.97. The lowest BCUT2D eigenvalue weighted by molar-refractivity contribution is -0.174. The lowest BCUT2D eigenvalue weighted by atomic mass is 9.97. The summed E-state index contributed by atoms with van der Waals surface area (Å²) >= 11 is 5.88. The van der Waals surface area contributed by atoms with E-state index in [1.54, 1.807) is 0 Å². The number of hydrogen-bond acceptors (Lipinski definition) is 3. The molecule has 0 radical (unpaired) electrons. The summed E-state index contributed by atoms with van der Waals surface area (Å²) in [6.07, 6.45) is 0.282. The van der Waals surface area contributed by atoms with Crippen molar-refractivity contribution in [1.29, 1.82) is 0 Å². The molecule has 2 fully saturated rings. The van der Waals surface area contributed by atoms with Crippen molar-refractivity contribution < 1.29 is 23.8 Å². The summed E-state index contributed by atoms with van der Waals surface area (Å²) in [6, 6.07) is 2.86. The highest BCUT2D eigenvalue weighted by Crippen LogP contribution is 2.40. The molecule has 21 heavy (non-hydrogen) atoms. The summed E-state index contributed by atoms with van der Waals surface area (Å²) in [5, 5.41) is 9.60. The van der Waals surface area contributed by atoms with Gasteiger partial charge in [-0.25, -0.2) is 9.18 Å². The fraction of sp³-hybridized carbons (Fsp3) is 0.429. The number of carboxylic acids is 1. The van der Waals surface area contributed by atoms with Gasteiger partial charge >= 0.3 is 5.97 Å². The van der Waals surface area contributed by atoms with Crippen molar-refractivity contribution in [2.24, 2.45) is 0 Å². The van der Waals surface area contributed by atoms with E-state index in [1.165, 1.54) is 23.1 Å². The van der Waals surface area contributed by atoms with Crippen LogP contribution in [0.5, 0.6) is 0 Å². The molecular weight excluding hydrogens is 301 g/mol. The zero-order valence-electron chi connectivity index (χ0n) is 11.0. The molecule has 0 spiro atoms. The lowest BCUT2D eigenvalue weighted by Crippen LogP contribution is -2.52. The van der Waals surface area contributed by atoms with Crippen LogP contribution >= 0.6 is 11.6 Å². The minimum Gasteiger partial charge on any atom is -0.479 e. The van der Waals surface area contributed by atoms with Gasteiger partial charge in [0.1, 0.15) is 12.4 Å². The zero-order valence-corrected chi connectivity index (χ0v) is 11.7. The first kappa shape index (κ1) is 14.3. The minimum atomic E-state index is -1.30. The Hall–Kier alpha value is -1.66. The molecule has 2 atom stereocenters. The highest BCUT2D eigenvalue weighted by Gasteiger charge is 2.48. The maximum Gasteiger partial charge on any atom is 0.335 e. The van der Waals surface area contributed by atoms with Gasteiger partial charge in [0.25, 0.3) is 0 Å². The van der Waals surface area contributed by atoms with E-state index >= 15 is 0 Å². The smallest absolute Gasteiger partial charge is 0.335 e. The van der Waals surface area contributed by atoms with Gasteiger partial charge in [0.05, 0.1) is 6.04 Å². The predicted molar refractivity (Wildman–Crippen MR) is 71.4 cm³/mol. The van der Waals surface area contributed by atoms with Crippen molar-refractivity contribution in [3.8, 4) is 0 Å². The molecule has 0 bridgehead atoms. The molecule has 1 saturated heterocycles. The number of carbonyl (C=O) groups excluding carboxylic acids is 1. The molecule has 0 aromatic heterocycles. The fourth-order valence-electron chi connectivity index (χ4n) is 2.67. The Bertz CT molecular complexity index is 605. The van der Waals surface area contributed by atoms with Crippen LogP contribution in [0.2, 0.25) is 5.02 Å². The van der Waals surface area contributed by atoms with Crippen LogP contribution in [0.15, 0.2) is 18.2 Å². The molecule has 2 aliphatic rings. The van der Waals surface area contributed by atoms with Gasteiger partial charge in [0.2, 0.25) is 5.91 Å². The van der Waals surface area contributed by atoms with E-state index in [2.05, 4.69) is 0 Å². The number of benzene rings is 1. The molecule has 1 amide bonds. The molecule has 112 valence electrons. The summed E-state index contributed by atoms with van der Waals surface area (Å²) < 4.78 is 19.3. The monoisotopic (exact) mass is 313 g/mol. The van der Waals surface area contributed by atoms with E-state index in [9.17, 15) is 19.1 Å². The molecule has 1 heterocycles. The standard InChI is InChI=1S/C14H13ClFNO4/c15-7-1-4-10(16)9(5-7)12-13(14(19)20)21-6-11(18)17(12)8-2-3-8/h1,4-5,8,12-13H,2-3,6H2,(H,19,20). The number of morpholine rings is 1.